The molecule has 0 bridgehead atoms. The molecule has 100 valence electrons. The number of anilines is 1. The summed E-state index contributed by atoms with van der Waals surface area (Å²) in [6.45, 7) is 0. The monoisotopic (exact) mass is 265 g/mol. The van der Waals surface area contributed by atoms with Crippen LogP contribution in [-0.2, 0) is 0 Å². The van der Waals surface area contributed by atoms with Crippen LogP contribution in [0.25, 0.3) is 11.1 Å². The Kier molecular flexibility index (Phi) is 2.79. The number of hydrogen-bond acceptors (Lipinski definition) is 2. The number of carbonyl (C=O) groups excluding carboxylic acids is 1. The molecule has 1 aliphatic rings. The highest BCUT2D eigenvalue weighted by Crippen LogP contribution is 2.37. The molecule has 0 atom stereocenters. The molecular weight excluding hydrogens is 250 g/mol. The normalized spacial score (nSPS) is 11.8. The third kappa shape index (κ3) is 1.86. The van der Waals surface area contributed by atoms with Crippen molar-refractivity contribution in [1.82, 2.24) is 4.90 Å². The Hall–Kier alpha value is -2.62. The maximum absolute atomic E-state index is 12.4. The van der Waals surface area contributed by atoms with E-state index in [0.29, 0.717) is 5.56 Å². The van der Waals surface area contributed by atoms with E-state index in [2.05, 4.69) is 5.32 Å². The average molecular weight is 265 g/mol. The molecule has 0 fully saturated rings. The summed E-state index contributed by atoms with van der Waals surface area (Å²) >= 11 is 0. The first kappa shape index (κ1) is 12.4. The van der Waals surface area contributed by atoms with Gasteiger partial charge in [-0.1, -0.05) is 30.3 Å². The Bertz CT molecular complexity index is 719. The molecule has 4 nitrogen and oxygen atoms in total. The van der Waals surface area contributed by atoms with E-state index in [0.717, 1.165) is 22.4 Å². The van der Waals surface area contributed by atoms with Crippen LogP contribution in [0.4, 0.5) is 5.69 Å². The summed E-state index contributed by atoms with van der Waals surface area (Å²) < 4.78 is 0. The van der Waals surface area contributed by atoms with Gasteiger partial charge >= 0.3 is 0 Å². The molecule has 0 heterocycles. The Morgan fingerprint density at radius 1 is 1.00 bits per heavy atom. The van der Waals surface area contributed by atoms with Crippen molar-refractivity contribution < 1.29 is 4.79 Å². The first-order valence-corrected chi connectivity index (χ1v) is 6.39. The quantitative estimate of drug-likeness (QED) is 0.525. The van der Waals surface area contributed by atoms with Gasteiger partial charge in [-0.15, -0.1) is 0 Å². The molecule has 0 amide bonds. The van der Waals surface area contributed by atoms with Crippen molar-refractivity contribution >= 4 is 17.4 Å². The van der Waals surface area contributed by atoms with Gasteiger partial charge in [0.15, 0.2) is 11.7 Å². The van der Waals surface area contributed by atoms with Crippen molar-refractivity contribution in [2.45, 2.75) is 0 Å². The van der Waals surface area contributed by atoms with Crippen LogP contribution < -0.4 is 5.32 Å². The number of guanidine groups is 1. The highest BCUT2D eigenvalue weighted by atomic mass is 16.1. The molecule has 2 aromatic carbocycles. The fourth-order valence-corrected chi connectivity index (χ4v) is 2.35. The molecule has 0 saturated carbocycles. The van der Waals surface area contributed by atoms with E-state index in [1.165, 1.54) is 0 Å². The van der Waals surface area contributed by atoms with Gasteiger partial charge in [0.05, 0.1) is 0 Å². The number of nitrogens with one attached hydrogen (secondary N) is 2. The minimum absolute atomic E-state index is 0.0515. The first-order chi connectivity index (χ1) is 9.58. The van der Waals surface area contributed by atoms with Crippen LogP contribution in [0.15, 0.2) is 42.5 Å². The minimum atomic E-state index is 0.0515. The minimum Gasteiger partial charge on any atom is -0.349 e. The highest BCUT2D eigenvalue weighted by Gasteiger charge is 2.26. The molecule has 0 unspecified atom stereocenters. The van der Waals surface area contributed by atoms with E-state index in [1.807, 2.05) is 42.5 Å². The average Bonchev–Trinajstić information content (AvgIpc) is 2.73. The van der Waals surface area contributed by atoms with Crippen LogP contribution in [0, 0.1) is 5.41 Å². The molecule has 2 N–H and O–H groups in total. The topological polar surface area (TPSA) is 56.2 Å². The number of nitrogens with zero attached hydrogens (tertiary/aromatic N) is 1. The Labute approximate surface area is 117 Å². The van der Waals surface area contributed by atoms with Gasteiger partial charge in [-0.25, -0.2) is 0 Å². The third-order valence-corrected chi connectivity index (χ3v) is 3.44. The molecule has 0 aromatic heterocycles. The lowest BCUT2D eigenvalue weighted by Gasteiger charge is -2.15. The van der Waals surface area contributed by atoms with Crippen molar-refractivity contribution in [2.75, 3.05) is 19.4 Å². The summed E-state index contributed by atoms with van der Waals surface area (Å²) in [4.78, 5) is 14.0. The van der Waals surface area contributed by atoms with Gasteiger partial charge < -0.3 is 10.2 Å². The van der Waals surface area contributed by atoms with Crippen LogP contribution >= 0.6 is 0 Å². The third-order valence-electron chi connectivity index (χ3n) is 3.44. The SMILES string of the molecule is CN(C)C(=N)Nc1ccc2c(c1)C(=O)c1ccccc1-2. The Balaban J connectivity index is 2.00. The van der Waals surface area contributed by atoms with E-state index >= 15 is 0 Å². The molecule has 0 aliphatic heterocycles. The predicted octanol–water partition coefficient (Wildman–Crippen LogP) is 2.81. The van der Waals surface area contributed by atoms with E-state index in [1.54, 1.807) is 19.0 Å². The molecule has 20 heavy (non-hydrogen) atoms. The van der Waals surface area contributed by atoms with E-state index < -0.39 is 0 Å². The van der Waals surface area contributed by atoms with E-state index in [9.17, 15) is 4.79 Å². The number of hydrogen-bond donors (Lipinski definition) is 2. The van der Waals surface area contributed by atoms with Crippen molar-refractivity contribution in [1.29, 1.82) is 5.41 Å². The van der Waals surface area contributed by atoms with Crippen LogP contribution in [0.3, 0.4) is 0 Å². The predicted molar refractivity (Wildman–Crippen MR) is 80.3 cm³/mol. The van der Waals surface area contributed by atoms with Gasteiger partial charge in [-0.05, 0) is 23.3 Å². The maximum atomic E-state index is 12.4. The summed E-state index contributed by atoms with van der Waals surface area (Å²) in [5, 5.41) is 10.8. The second kappa shape index (κ2) is 4.49. The van der Waals surface area contributed by atoms with Gasteiger partial charge in [0.2, 0.25) is 0 Å². The summed E-state index contributed by atoms with van der Waals surface area (Å²) in [5.74, 6) is 0.337. The lowest BCUT2D eigenvalue weighted by Crippen LogP contribution is -2.28. The molecule has 3 rings (SSSR count). The summed E-state index contributed by atoms with van der Waals surface area (Å²) in [7, 11) is 3.59. The summed E-state index contributed by atoms with van der Waals surface area (Å²) in [5.41, 5.74) is 4.16. The van der Waals surface area contributed by atoms with E-state index in [-0.39, 0.29) is 11.7 Å². The number of benzene rings is 2. The Morgan fingerprint density at radius 3 is 2.35 bits per heavy atom. The lowest BCUT2D eigenvalue weighted by atomic mass is 10.1. The Morgan fingerprint density at radius 2 is 1.65 bits per heavy atom. The lowest BCUT2D eigenvalue weighted by molar-refractivity contribution is 0.104. The largest absolute Gasteiger partial charge is 0.349 e. The van der Waals surface area contributed by atoms with Gasteiger partial charge in [0.25, 0.3) is 0 Å². The number of carbonyl (C=O) groups is 1. The fourth-order valence-electron chi connectivity index (χ4n) is 2.35. The highest BCUT2D eigenvalue weighted by molar-refractivity contribution is 6.22. The van der Waals surface area contributed by atoms with Crippen molar-refractivity contribution in [2.24, 2.45) is 0 Å². The van der Waals surface area contributed by atoms with Gasteiger partial charge in [-0.3, -0.25) is 10.2 Å². The zero-order chi connectivity index (χ0) is 14.3. The van der Waals surface area contributed by atoms with Crippen molar-refractivity contribution in [3.05, 3.63) is 53.6 Å². The molecule has 1 aliphatic carbocycles. The number of fused-ring (bicyclic) bond motifs is 3. The smallest absolute Gasteiger partial charge is 0.195 e. The van der Waals surface area contributed by atoms with E-state index in [4.69, 9.17) is 5.41 Å². The molecule has 4 heteroatoms. The first-order valence-electron chi connectivity index (χ1n) is 6.39. The van der Waals surface area contributed by atoms with Crippen LogP contribution in [-0.4, -0.2) is 30.7 Å². The van der Waals surface area contributed by atoms with Crippen LogP contribution in [0.1, 0.15) is 15.9 Å². The van der Waals surface area contributed by atoms with Gasteiger partial charge in [0.1, 0.15) is 0 Å². The molecule has 0 radical (unpaired) electrons. The van der Waals surface area contributed by atoms with Crippen molar-refractivity contribution in [3.8, 4) is 11.1 Å². The molecular formula is C16H15N3O. The van der Waals surface area contributed by atoms with Crippen LogP contribution in [0.5, 0.6) is 0 Å². The summed E-state index contributed by atoms with van der Waals surface area (Å²) in [6, 6.07) is 13.3. The molecule has 2 aromatic rings. The number of ketones is 1. The summed E-state index contributed by atoms with van der Waals surface area (Å²) in [6.07, 6.45) is 0. The molecule has 0 saturated heterocycles. The van der Waals surface area contributed by atoms with Gasteiger partial charge in [0, 0.05) is 30.9 Å². The zero-order valence-electron chi connectivity index (χ0n) is 11.4. The molecule has 0 spiro atoms. The van der Waals surface area contributed by atoms with Gasteiger partial charge in [-0.2, -0.15) is 0 Å². The second-order valence-corrected chi connectivity index (χ2v) is 5.00. The van der Waals surface area contributed by atoms with Crippen molar-refractivity contribution in [3.63, 3.8) is 0 Å². The van der Waals surface area contributed by atoms with Crippen LogP contribution in [0.2, 0.25) is 0 Å². The number of rotatable bonds is 1. The zero-order valence-corrected chi connectivity index (χ0v) is 11.4. The fraction of sp³-hybridized carbons (Fsp3) is 0.125. The maximum Gasteiger partial charge on any atom is 0.195 e. The second-order valence-electron chi connectivity index (χ2n) is 5.00. The standard InChI is InChI=1S/C16H15N3O/c1-19(2)16(17)18-10-7-8-12-11-5-3-4-6-13(11)15(20)14(12)9-10/h3-9H,1-2H3,(H2,17,18).